The van der Waals surface area contributed by atoms with Crippen LogP contribution in [0.2, 0.25) is 0 Å². The van der Waals surface area contributed by atoms with Gasteiger partial charge < -0.3 is 20.7 Å². The predicted molar refractivity (Wildman–Crippen MR) is 106 cm³/mol. The van der Waals surface area contributed by atoms with Gasteiger partial charge in [-0.25, -0.2) is 0 Å². The molecule has 2 aromatic carbocycles. The molecule has 0 unspecified atom stereocenters. The highest BCUT2D eigenvalue weighted by Gasteiger charge is 2.05. The minimum absolute atomic E-state index is 0.123. The molecule has 0 aliphatic rings. The van der Waals surface area contributed by atoms with Gasteiger partial charge in [-0.1, -0.05) is 30.3 Å². The molecule has 0 radical (unpaired) electrons. The maximum absolute atomic E-state index is 12.0. The molecule has 0 saturated heterocycles. The molecule has 0 bridgehead atoms. The van der Waals surface area contributed by atoms with Crippen LogP contribution in [0.4, 0.5) is 5.69 Å². The van der Waals surface area contributed by atoms with E-state index in [4.69, 9.17) is 4.74 Å². The fraction of sp³-hybridized carbons (Fsp3) is 0.300. The van der Waals surface area contributed by atoms with Crippen LogP contribution >= 0.6 is 0 Å². The molecule has 0 aliphatic carbocycles. The first-order valence-corrected chi connectivity index (χ1v) is 8.55. The molecule has 0 heterocycles. The summed E-state index contributed by atoms with van der Waals surface area (Å²) in [5, 5.41) is 9.04. The molecule has 0 atom stereocenters. The number of hydrogen-bond acceptors (Lipinski definition) is 3. The van der Waals surface area contributed by atoms with E-state index >= 15 is 0 Å². The number of anilines is 1. The van der Waals surface area contributed by atoms with Crippen LogP contribution in [0.25, 0.3) is 0 Å². The molecular formula is C20H26N4O2. The number of para-hydroxylation sites is 1. The lowest BCUT2D eigenvalue weighted by molar-refractivity contribution is -0.115. The average molecular weight is 354 g/mol. The van der Waals surface area contributed by atoms with E-state index in [0.29, 0.717) is 12.5 Å². The van der Waals surface area contributed by atoms with Crippen LogP contribution < -0.4 is 20.7 Å². The van der Waals surface area contributed by atoms with E-state index in [-0.39, 0.29) is 12.5 Å². The smallest absolute Gasteiger partial charge is 0.243 e. The predicted octanol–water partition coefficient (Wildman–Crippen LogP) is 2.35. The van der Waals surface area contributed by atoms with Crippen molar-refractivity contribution in [3.8, 4) is 5.75 Å². The van der Waals surface area contributed by atoms with Gasteiger partial charge in [0.25, 0.3) is 0 Å². The monoisotopic (exact) mass is 354 g/mol. The Morgan fingerprint density at radius 2 is 1.88 bits per heavy atom. The summed E-state index contributed by atoms with van der Waals surface area (Å²) in [6.07, 6.45) is 0.827. The maximum Gasteiger partial charge on any atom is 0.243 e. The first-order valence-electron chi connectivity index (χ1n) is 8.55. The van der Waals surface area contributed by atoms with Crippen LogP contribution in [-0.2, 0) is 11.2 Å². The van der Waals surface area contributed by atoms with Gasteiger partial charge in [0.15, 0.2) is 5.96 Å². The molecule has 138 valence electrons. The lowest BCUT2D eigenvalue weighted by atomic mass is 10.1. The van der Waals surface area contributed by atoms with Crippen molar-refractivity contribution in [2.24, 2.45) is 4.99 Å². The molecule has 0 aromatic heterocycles. The highest BCUT2D eigenvalue weighted by Crippen LogP contribution is 2.18. The van der Waals surface area contributed by atoms with Gasteiger partial charge in [0.2, 0.25) is 5.91 Å². The largest absolute Gasteiger partial charge is 0.496 e. The molecule has 3 N–H and O–H groups in total. The van der Waals surface area contributed by atoms with E-state index in [1.165, 1.54) is 5.56 Å². The fourth-order valence-electron chi connectivity index (χ4n) is 2.46. The summed E-state index contributed by atoms with van der Waals surface area (Å²) in [5.41, 5.74) is 3.07. The van der Waals surface area contributed by atoms with Crippen molar-refractivity contribution in [1.82, 2.24) is 10.6 Å². The van der Waals surface area contributed by atoms with Gasteiger partial charge in [-0.15, -0.1) is 0 Å². The van der Waals surface area contributed by atoms with E-state index in [9.17, 15) is 4.79 Å². The van der Waals surface area contributed by atoms with Gasteiger partial charge in [-0.2, -0.15) is 0 Å². The molecule has 26 heavy (non-hydrogen) atoms. The lowest BCUT2D eigenvalue weighted by Crippen LogP contribution is -2.42. The Balaban J connectivity index is 1.75. The van der Waals surface area contributed by atoms with Crippen molar-refractivity contribution < 1.29 is 9.53 Å². The van der Waals surface area contributed by atoms with Crippen molar-refractivity contribution in [1.29, 1.82) is 0 Å². The summed E-state index contributed by atoms with van der Waals surface area (Å²) in [5.74, 6) is 1.36. The zero-order chi connectivity index (χ0) is 18.8. The number of benzene rings is 2. The molecule has 1 amide bonds. The third kappa shape index (κ3) is 6.12. The molecule has 2 rings (SSSR count). The van der Waals surface area contributed by atoms with Crippen LogP contribution in [0.5, 0.6) is 5.75 Å². The van der Waals surface area contributed by atoms with Crippen molar-refractivity contribution in [3.63, 3.8) is 0 Å². The summed E-state index contributed by atoms with van der Waals surface area (Å²) in [7, 11) is 3.36. The number of carbonyl (C=O) groups excluding carboxylic acids is 1. The van der Waals surface area contributed by atoms with Crippen molar-refractivity contribution >= 4 is 17.6 Å². The number of aliphatic imine (C=N–C) groups is 1. The van der Waals surface area contributed by atoms with Gasteiger partial charge in [0.1, 0.15) is 5.75 Å². The average Bonchev–Trinajstić information content (AvgIpc) is 2.66. The molecule has 2 aromatic rings. The number of guanidine groups is 1. The second-order valence-corrected chi connectivity index (χ2v) is 5.82. The van der Waals surface area contributed by atoms with Crippen molar-refractivity contribution in [2.45, 2.75) is 13.3 Å². The zero-order valence-corrected chi connectivity index (χ0v) is 15.5. The number of aryl methyl sites for hydroxylation is 1. The fourth-order valence-corrected chi connectivity index (χ4v) is 2.46. The minimum atomic E-state index is -0.123. The van der Waals surface area contributed by atoms with E-state index in [1.54, 1.807) is 14.2 Å². The number of nitrogens with one attached hydrogen (secondary N) is 3. The van der Waals surface area contributed by atoms with Crippen molar-refractivity contribution in [2.75, 3.05) is 32.6 Å². The van der Waals surface area contributed by atoms with Crippen LogP contribution in [0.15, 0.2) is 53.5 Å². The van der Waals surface area contributed by atoms with Crippen LogP contribution in [0.1, 0.15) is 11.1 Å². The standard InChI is InChI=1S/C20H26N4O2/c1-15-9-10-16(13-18(15)26-3)11-12-22-20(21-2)23-14-19(25)24-17-7-5-4-6-8-17/h4-10,13H,11-12,14H2,1-3H3,(H,24,25)(H2,21,22,23). The quantitative estimate of drug-likeness (QED) is 0.527. The van der Waals surface area contributed by atoms with E-state index in [2.05, 4.69) is 33.1 Å². The minimum Gasteiger partial charge on any atom is -0.496 e. The lowest BCUT2D eigenvalue weighted by Gasteiger charge is -2.13. The number of rotatable bonds is 7. The van der Waals surface area contributed by atoms with E-state index in [0.717, 1.165) is 23.4 Å². The molecule has 6 nitrogen and oxygen atoms in total. The van der Waals surface area contributed by atoms with Gasteiger partial charge in [-0.05, 0) is 42.7 Å². The number of carbonyl (C=O) groups is 1. The summed E-state index contributed by atoms with van der Waals surface area (Å²) in [4.78, 5) is 16.1. The molecule has 0 saturated carbocycles. The van der Waals surface area contributed by atoms with E-state index in [1.807, 2.05) is 43.3 Å². The third-order valence-corrected chi connectivity index (χ3v) is 3.88. The number of nitrogens with zero attached hydrogens (tertiary/aromatic N) is 1. The van der Waals surface area contributed by atoms with E-state index < -0.39 is 0 Å². The summed E-state index contributed by atoms with van der Waals surface area (Å²) in [6, 6.07) is 15.5. The third-order valence-electron chi connectivity index (χ3n) is 3.88. The van der Waals surface area contributed by atoms with Crippen LogP contribution in [0, 0.1) is 6.92 Å². The normalized spacial score (nSPS) is 11.0. The number of amides is 1. The van der Waals surface area contributed by atoms with Crippen LogP contribution in [-0.4, -0.2) is 39.1 Å². The zero-order valence-electron chi connectivity index (χ0n) is 15.5. The number of hydrogen-bond donors (Lipinski definition) is 3. The topological polar surface area (TPSA) is 74.8 Å². The van der Waals surface area contributed by atoms with Gasteiger partial charge >= 0.3 is 0 Å². The number of ether oxygens (including phenoxy) is 1. The Bertz CT molecular complexity index is 745. The summed E-state index contributed by atoms with van der Waals surface area (Å²) < 4.78 is 5.35. The maximum atomic E-state index is 12.0. The Kier molecular flexibility index (Phi) is 7.49. The molecule has 0 fully saturated rings. The molecule has 6 heteroatoms. The number of methoxy groups -OCH3 is 1. The summed E-state index contributed by atoms with van der Waals surface area (Å²) >= 11 is 0. The molecule has 0 spiro atoms. The first-order chi connectivity index (χ1) is 12.6. The highest BCUT2D eigenvalue weighted by molar-refractivity contribution is 5.94. The van der Waals surface area contributed by atoms with Crippen LogP contribution in [0.3, 0.4) is 0 Å². The van der Waals surface area contributed by atoms with Gasteiger partial charge in [-0.3, -0.25) is 9.79 Å². The van der Waals surface area contributed by atoms with Gasteiger partial charge in [0.05, 0.1) is 13.7 Å². The second-order valence-electron chi connectivity index (χ2n) is 5.82. The second kappa shape index (κ2) is 10.1. The molecule has 0 aliphatic heterocycles. The first kappa shape index (κ1) is 19.3. The Morgan fingerprint density at radius 1 is 1.12 bits per heavy atom. The summed E-state index contributed by atoms with van der Waals surface area (Å²) in [6.45, 7) is 2.87. The SMILES string of the molecule is CN=C(NCCc1ccc(C)c(OC)c1)NCC(=O)Nc1ccccc1. The Hall–Kier alpha value is -3.02. The Labute approximate surface area is 154 Å². The van der Waals surface area contributed by atoms with Gasteiger partial charge in [0, 0.05) is 19.3 Å². The Morgan fingerprint density at radius 3 is 2.58 bits per heavy atom. The molecular weight excluding hydrogens is 328 g/mol. The van der Waals surface area contributed by atoms with Crippen molar-refractivity contribution in [3.05, 3.63) is 59.7 Å². The highest BCUT2D eigenvalue weighted by atomic mass is 16.5.